The lowest BCUT2D eigenvalue weighted by Gasteiger charge is -2.42. The predicted molar refractivity (Wildman–Crippen MR) is 84.8 cm³/mol. The average Bonchev–Trinajstić information content (AvgIpc) is 3.22. The van der Waals surface area contributed by atoms with Crippen LogP contribution in [-0.2, 0) is 14.3 Å². The van der Waals surface area contributed by atoms with Crippen LogP contribution in [-0.4, -0.2) is 72.6 Å². The van der Waals surface area contributed by atoms with E-state index in [9.17, 15) is 9.59 Å². The van der Waals surface area contributed by atoms with E-state index in [4.69, 9.17) is 4.74 Å². The summed E-state index contributed by atoms with van der Waals surface area (Å²) in [4.78, 5) is 28.7. The molecule has 0 spiro atoms. The van der Waals surface area contributed by atoms with Gasteiger partial charge in [0.05, 0.1) is 12.5 Å². The second-order valence-electron chi connectivity index (χ2n) is 7.55. The Hall–Kier alpha value is -1.14. The van der Waals surface area contributed by atoms with Crippen molar-refractivity contribution in [2.24, 2.45) is 5.92 Å². The number of likely N-dealkylation sites (tertiary alicyclic amines) is 2. The number of carbonyl (C=O) groups is 2. The molecular formula is C17H27N3O3. The highest BCUT2D eigenvalue weighted by Gasteiger charge is 2.42. The van der Waals surface area contributed by atoms with E-state index in [-0.39, 0.29) is 17.7 Å². The van der Waals surface area contributed by atoms with Crippen LogP contribution < -0.4 is 5.32 Å². The fraction of sp³-hybridized carbons (Fsp3) is 0.882. The SMILES string of the molecule is O=C(C1CC(=O)N(C2CCCC2)C1)N1CC(NC2CCOC2)C1. The van der Waals surface area contributed by atoms with Crippen molar-refractivity contribution in [2.45, 2.75) is 56.7 Å². The highest BCUT2D eigenvalue weighted by molar-refractivity contribution is 5.89. The third-order valence-corrected chi connectivity index (χ3v) is 5.87. The molecule has 3 aliphatic heterocycles. The zero-order chi connectivity index (χ0) is 15.8. The number of ether oxygens (including phenoxy) is 1. The largest absolute Gasteiger partial charge is 0.380 e. The molecule has 6 nitrogen and oxygen atoms in total. The van der Waals surface area contributed by atoms with E-state index in [1.165, 1.54) is 12.8 Å². The number of rotatable bonds is 4. The Morgan fingerprint density at radius 2 is 1.87 bits per heavy atom. The van der Waals surface area contributed by atoms with Gasteiger partial charge < -0.3 is 19.9 Å². The molecule has 4 aliphatic rings. The number of amides is 2. The van der Waals surface area contributed by atoms with Crippen LogP contribution in [0.25, 0.3) is 0 Å². The molecule has 3 saturated heterocycles. The molecule has 0 bridgehead atoms. The summed E-state index contributed by atoms with van der Waals surface area (Å²) >= 11 is 0. The smallest absolute Gasteiger partial charge is 0.228 e. The van der Waals surface area contributed by atoms with E-state index in [1.54, 1.807) is 0 Å². The van der Waals surface area contributed by atoms with Gasteiger partial charge in [-0.15, -0.1) is 0 Å². The summed E-state index contributed by atoms with van der Waals surface area (Å²) in [5.74, 6) is 0.256. The van der Waals surface area contributed by atoms with Crippen molar-refractivity contribution in [2.75, 3.05) is 32.8 Å². The van der Waals surface area contributed by atoms with Crippen molar-refractivity contribution in [3.8, 4) is 0 Å². The Bertz CT molecular complexity index is 466. The van der Waals surface area contributed by atoms with E-state index >= 15 is 0 Å². The molecule has 0 aromatic carbocycles. The summed E-state index contributed by atoms with van der Waals surface area (Å²) in [7, 11) is 0. The minimum Gasteiger partial charge on any atom is -0.380 e. The first-order valence-corrected chi connectivity index (χ1v) is 9.13. The van der Waals surface area contributed by atoms with Crippen molar-refractivity contribution >= 4 is 11.8 Å². The van der Waals surface area contributed by atoms with Gasteiger partial charge >= 0.3 is 0 Å². The van der Waals surface area contributed by atoms with Crippen molar-refractivity contribution in [1.82, 2.24) is 15.1 Å². The second kappa shape index (κ2) is 6.40. The molecule has 0 aromatic rings. The Morgan fingerprint density at radius 1 is 1.09 bits per heavy atom. The fourth-order valence-corrected chi connectivity index (χ4v) is 4.49. The molecule has 23 heavy (non-hydrogen) atoms. The quantitative estimate of drug-likeness (QED) is 0.812. The van der Waals surface area contributed by atoms with Crippen LogP contribution in [0.2, 0.25) is 0 Å². The summed E-state index contributed by atoms with van der Waals surface area (Å²) < 4.78 is 5.37. The molecular weight excluding hydrogens is 294 g/mol. The summed E-state index contributed by atoms with van der Waals surface area (Å²) in [6.07, 6.45) is 6.16. The molecule has 1 N–H and O–H groups in total. The van der Waals surface area contributed by atoms with Gasteiger partial charge in [-0.25, -0.2) is 0 Å². The highest BCUT2D eigenvalue weighted by atomic mass is 16.5. The maximum atomic E-state index is 12.6. The molecule has 2 unspecified atom stereocenters. The van der Waals surface area contributed by atoms with Gasteiger partial charge in [0.15, 0.2) is 0 Å². The van der Waals surface area contributed by atoms with Crippen LogP contribution in [0.3, 0.4) is 0 Å². The number of hydrogen-bond donors (Lipinski definition) is 1. The highest BCUT2D eigenvalue weighted by Crippen LogP contribution is 2.30. The van der Waals surface area contributed by atoms with E-state index in [1.807, 2.05) is 9.80 Å². The van der Waals surface area contributed by atoms with E-state index in [2.05, 4.69) is 5.32 Å². The van der Waals surface area contributed by atoms with Gasteiger partial charge in [-0.2, -0.15) is 0 Å². The lowest BCUT2D eigenvalue weighted by Crippen LogP contribution is -2.62. The monoisotopic (exact) mass is 321 g/mol. The standard InChI is InChI=1S/C17H27N3O3/c21-16-7-12(8-20(16)15-3-1-2-4-15)17(22)19-9-14(10-19)18-13-5-6-23-11-13/h12-15,18H,1-11H2. The zero-order valence-corrected chi connectivity index (χ0v) is 13.7. The van der Waals surface area contributed by atoms with E-state index < -0.39 is 0 Å². The van der Waals surface area contributed by atoms with Crippen LogP contribution >= 0.6 is 0 Å². The lowest BCUT2D eigenvalue weighted by atomic mass is 10.0. The number of nitrogens with zero attached hydrogens (tertiary/aromatic N) is 2. The molecule has 2 atom stereocenters. The number of carbonyl (C=O) groups excluding carboxylic acids is 2. The van der Waals surface area contributed by atoms with Crippen molar-refractivity contribution in [3.05, 3.63) is 0 Å². The van der Waals surface area contributed by atoms with Gasteiger partial charge in [0, 0.05) is 50.8 Å². The minimum atomic E-state index is -0.112. The topological polar surface area (TPSA) is 61.9 Å². The molecule has 0 radical (unpaired) electrons. The molecule has 1 saturated carbocycles. The normalized spacial score (nSPS) is 32.8. The Morgan fingerprint density at radius 3 is 2.57 bits per heavy atom. The fourth-order valence-electron chi connectivity index (χ4n) is 4.49. The van der Waals surface area contributed by atoms with Crippen molar-refractivity contribution < 1.29 is 14.3 Å². The molecule has 2 amide bonds. The van der Waals surface area contributed by atoms with Gasteiger partial charge in [0.1, 0.15) is 0 Å². The molecule has 4 fully saturated rings. The Balaban J connectivity index is 1.25. The summed E-state index contributed by atoms with van der Waals surface area (Å²) in [6.45, 7) is 3.84. The van der Waals surface area contributed by atoms with Crippen molar-refractivity contribution in [3.63, 3.8) is 0 Å². The zero-order valence-electron chi connectivity index (χ0n) is 13.7. The molecule has 3 heterocycles. The molecule has 6 heteroatoms. The molecule has 128 valence electrons. The number of nitrogens with one attached hydrogen (secondary N) is 1. The van der Waals surface area contributed by atoms with Gasteiger partial charge in [-0.1, -0.05) is 12.8 Å². The lowest BCUT2D eigenvalue weighted by molar-refractivity contribution is -0.140. The minimum absolute atomic E-state index is 0.112. The van der Waals surface area contributed by atoms with E-state index in [0.29, 0.717) is 31.1 Å². The predicted octanol–water partition coefficient (Wildman–Crippen LogP) is 0.367. The van der Waals surface area contributed by atoms with Crippen LogP contribution in [0.4, 0.5) is 0 Å². The third kappa shape index (κ3) is 3.11. The molecule has 4 rings (SSSR count). The summed E-state index contributed by atoms with van der Waals surface area (Å²) in [6, 6.07) is 1.24. The van der Waals surface area contributed by atoms with Crippen LogP contribution in [0, 0.1) is 5.92 Å². The Kier molecular flexibility index (Phi) is 4.28. The van der Waals surface area contributed by atoms with Gasteiger partial charge in [-0.05, 0) is 19.3 Å². The Labute approximate surface area is 137 Å². The first-order valence-electron chi connectivity index (χ1n) is 9.13. The average molecular weight is 321 g/mol. The molecule has 1 aliphatic carbocycles. The van der Waals surface area contributed by atoms with Crippen LogP contribution in [0.15, 0.2) is 0 Å². The summed E-state index contributed by atoms with van der Waals surface area (Å²) in [5, 5.41) is 3.56. The number of hydrogen-bond acceptors (Lipinski definition) is 4. The van der Waals surface area contributed by atoms with Gasteiger partial charge in [0.25, 0.3) is 0 Å². The van der Waals surface area contributed by atoms with Crippen molar-refractivity contribution in [1.29, 1.82) is 0 Å². The second-order valence-corrected chi connectivity index (χ2v) is 7.55. The van der Waals surface area contributed by atoms with Crippen LogP contribution in [0.5, 0.6) is 0 Å². The first-order chi connectivity index (χ1) is 11.2. The van der Waals surface area contributed by atoms with Gasteiger partial charge in [-0.3, -0.25) is 9.59 Å². The van der Waals surface area contributed by atoms with E-state index in [0.717, 1.165) is 45.6 Å². The maximum absolute atomic E-state index is 12.6. The molecule has 0 aromatic heterocycles. The van der Waals surface area contributed by atoms with Gasteiger partial charge in [0.2, 0.25) is 11.8 Å². The third-order valence-electron chi connectivity index (χ3n) is 5.87. The summed E-state index contributed by atoms with van der Waals surface area (Å²) in [5.41, 5.74) is 0. The first kappa shape index (κ1) is 15.4. The van der Waals surface area contributed by atoms with Crippen LogP contribution in [0.1, 0.15) is 38.5 Å². The maximum Gasteiger partial charge on any atom is 0.228 e.